The molecule has 3 nitrogen and oxygen atoms in total. The van der Waals surface area contributed by atoms with Crippen molar-refractivity contribution in [1.29, 1.82) is 0 Å². The largest absolute Gasteiger partial charge is 0.356 e. The molecular formula is C9H16O3. The number of unbranched alkanes of at least 4 members (excludes halogenated alkanes) is 1. The van der Waals surface area contributed by atoms with E-state index in [-0.39, 0.29) is 6.29 Å². The van der Waals surface area contributed by atoms with Crippen molar-refractivity contribution in [3.8, 4) is 0 Å². The molecule has 0 aromatic carbocycles. The van der Waals surface area contributed by atoms with Crippen LogP contribution in [0.2, 0.25) is 0 Å². The van der Waals surface area contributed by atoms with Crippen molar-refractivity contribution in [3.63, 3.8) is 0 Å². The molecule has 0 aliphatic carbocycles. The van der Waals surface area contributed by atoms with Gasteiger partial charge in [-0.3, -0.25) is 4.79 Å². The Balaban J connectivity index is 3.28. The number of methoxy groups -OCH3 is 2. The number of hydrogen-bond donors (Lipinski definition) is 0. The Labute approximate surface area is 73.4 Å². The maximum absolute atomic E-state index is 9.88. The number of carbonyl (C=O) groups is 1. The van der Waals surface area contributed by atoms with Gasteiger partial charge in [-0.05, 0) is 25.3 Å². The zero-order chi connectivity index (χ0) is 9.23. The summed E-state index contributed by atoms with van der Waals surface area (Å²) in [5.41, 5.74) is 0. The lowest BCUT2D eigenvalue weighted by molar-refractivity contribution is -0.106. The van der Waals surface area contributed by atoms with Crippen LogP contribution >= 0.6 is 0 Å². The maximum Gasteiger partial charge on any atom is 0.156 e. The highest BCUT2D eigenvalue weighted by atomic mass is 16.7. The van der Waals surface area contributed by atoms with E-state index in [0.717, 1.165) is 25.5 Å². The molecule has 0 unspecified atom stereocenters. The van der Waals surface area contributed by atoms with Gasteiger partial charge in [0.15, 0.2) is 6.29 Å². The average Bonchev–Trinajstić information content (AvgIpc) is 2.11. The lowest BCUT2D eigenvalue weighted by Gasteiger charge is -2.11. The van der Waals surface area contributed by atoms with Crippen LogP contribution in [0.5, 0.6) is 0 Å². The minimum Gasteiger partial charge on any atom is -0.356 e. The standard InChI is InChI=1S/C9H16O3/c1-11-9(12-2)7-5-3-4-6-8-10/h4,6,8-9H,3,5,7H2,1-2H3/b6-4+. The topological polar surface area (TPSA) is 35.5 Å². The predicted octanol–water partition coefficient (Wildman–Crippen LogP) is 1.53. The van der Waals surface area contributed by atoms with Crippen LogP contribution in [0.3, 0.4) is 0 Å². The van der Waals surface area contributed by atoms with Crippen LogP contribution in [0.4, 0.5) is 0 Å². The van der Waals surface area contributed by atoms with Crippen molar-refractivity contribution < 1.29 is 14.3 Å². The molecule has 0 fully saturated rings. The Bertz CT molecular complexity index is 128. The van der Waals surface area contributed by atoms with Gasteiger partial charge in [-0.2, -0.15) is 0 Å². The van der Waals surface area contributed by atoms with E-state index in [2.05, 4.69) is 0 Å². The third-order valence-corrected chi connectivity index (χ3v) is 1.55. The summed E-state index contributed by atoms with van der Waals surface area (Å²) in [4.78, 5) is 9.88. The number of allylic oxidation sites excluding steroid dienone is 2. The van der Waals surface area contributed by atoms with E-state index in [1.807, 2.05) is 6.08 Å². The summed E-state index contributed by atoms with van der Waals surface area (Å²) in [6.45, 7) is 0. The Morgan fingerprint density at radius 2 is 2.00 bits per heavy atom. The molecule has 0 saturated carbocycles. The van der Waals surface area contributed by atoms with E-state index < -0.39 is 0 Å². The Hall–Kier alpha value is -0.670. The van der Waals surface area contributed by atoms with E-state index in [4.69, 9.17) is 9.47 Å². The molecule has 0 N–H and O–H groups in total. The summed E-state index contributed by atoms with van der Waals surface area (Å²) >= 11 is 0. The molecule has 0 amide bonds. The minimum atomic E-state index is -0.116. The van der Waals surface area contributed by atoms with Gasteiger partial charge in [0.2, 0.25) is 0 Å². The number of rotatable bonds is 7. The van der Waals surface area contributed by atoms with Crippen molar-refractivity contribution in [2.75, 3.05) is 14.2 Å². The SMILES string of the molecule is COC(CCC/C=C/C=O)OC. The monoisotopic (exact) mass is 172 g/mol. The maximum atomic E-state index is 9.88. The molecule has 3 heteroatoms. The fourth-order valence-electron chi connectivity index (χ4n) is 0.886. The number of carbonyl (C=O) groups excluding carboxylic acids is 1. The molecule has 0 bridgehead atoms. The van der Waals surface area contributed by atoms with Crippen LogP contribution in [0.1, 0.15) is 19.3 Å². The third-order valence-electron chi connectivity index (χ3n) is 1.55. The molecule has 12 heavy (non-hydrogen) atoms. The molecule has 0 rings (SSSR count). The molecule has 0 aromatic heterocycles. The van der Waals surface area contributed by atoms with Gasteiger partial charge in [0.05, 0.1) is 0 Å². The first-order chi connectivity index (χ1) is 5.85. The highest BCUT2D eigenvalue weighted by Gasteiger charge is 2.02. The van der Waals surface area contributed by atoms with Crippen molar-refractivity contribution >= 4 is 6.29 Å². The van der Waals surface area contributed by atoms with E-state index in [1.165, 1.54) is 6.08 Å². The molecule has 0 atom stereocenters. The van der Waals surface area contributed by atoms with Crippen LogP contribution in [-0.4, -0.2) is 26.8 Å². The lowest BCUT2D eigenvalue weighted by Crippen LogP contribution is -2.12. The van der Waals surface area contributed by atoms with Crippen LogP contribution in [-0.2, 0) is 14.3 Å². The zero-order valence-corrected chi connectivity index (χ0v) is 7.66. The molecule has 0 aromatic rings. The number of aldehydes is 1. The van der Waals surface area contributed by atoms with Gasteiger partial charge in [-0.15, -0.1) is 0 Å². The molecule has 0 spiro atoms. The number of hydrogen-bond acceptors (Lipinski definition) is 3. The van der Waals surface area contributed by atoms with Crippen molar-refractivity contribution in [2.24, 2.45) is 0 Å². The molecule has 0 radical (unpaired) electrons. The highest BCUT2D eigenvalue weighted by molar-refractivity contribution is 5.64. The quantitative estimate of drug-likeness (QED) is 0.253. The third kappa shape index (κ3) is 6.07. The molecule has 0 aliphatic rings. The van der Waals surface area contributed by atoms with Crippen LogP contribution in [0, 0.1) is 0 Å². The summed E-state index contributed by atoms with van der Waals surface area (Å²) in [7, 11) is 3.24. The molecule has 70 valence electrons. The van der Waals surface area contributed by atoms with Gasteiger partial charge in [-0.25, -0.2) is 0 Å². The molecule has 0 saturated heterocycles. The summed E-state index contributed by atoms with van der Waals surface area (Å²) in [6.07, 6.45) is 6.73. The fraction of sp³-hybridized carbons (Fsp3) is 0.667. The summed E-state index contributed by atoms with van der Waals surface area (Å²) in [5.74, 6) is 0. The summed E-state index contributed by atoms with van der Waals surface area (Å²) in [5, 5.41) is 0. The van der Waals surface area contributed by atoms with Gasteiger partial charge >= 0.3 is 0 Å². The smallest absolute Gasteiger partial charge is 0.156 e. The number of ether oxygens (including phenoxy) is 2. The van der Waals surface area contributed by atoms with Gasteiger partial charge in [0, 0.05) is 14.2 Å². The second-order valence-corrected chi connectivity index (χ2v) is 2.40. The van der Waals surface area contributed by atoms with Crippen molar-refractivity contribution in [1.82, 2.24) is 0 Å². The Morgan fingerprint density at radius 3 is 2.50 bits per heavy atom. The second kappa shape index (κ2) is 8.43. The van der Waals surface area contributed by atoms with Crippen molar-refractivity contribution in [2.45, 2.75) is 25.6 Å². The molecule has 0 heterocycles. The first-order valence-corrected chi connectivity index (χ1v) is 4.01. The van der Waals surface area contributed by atoms with Gasteiger partial charge in [0.1, 0.15) is 6.29 Å². The van der Waals surface area contributed by atoms with Crippen molar-refractivity contribution in [3.05, 3.63) is 12.2 Å². The van der Waals surface area contributed by atoms with Crippen LogP contribution in [0.15, 0.2) is 12.2 Å². The van der Waals surface area contributed by atoms with Gasteiger partial charge < -0.3 is 9.47 Å². The summed E-state index contributed by atoms with van der Waals surface area (Å²) in [6, 6.07) is 0. The van der Waals surface area contributed by atoms with Crippen LogP contribution < -0.4 is 0 Å². The highest BCUT2D eigenvalue weighted by Crippen LogP contribution is 2.04. The fourth-order valence-corrected chi connectivity index (χ4v) is 0.886. The predicted molar refractivity (Wildman–Crippen MR) is 46.9 cm³/mol. The van der Waals surface area contributed by atoms with Crippen LogP contribution in [0.25, 0.3) is 0 Å². The van der Waals surface area contributed by atoms with Gasteiger partial charge in [-0.1, -0.05) is 6.08 Å². The normalized spacial score (nSPS) is 11.2. The zero-order valence-electron chi connectivity index (χ0n) is 7.66. The Morgan fingerprint density at radius 1 is 1.33 bits per heavy atom. The summed E-state index contributed by atoms with van der Waals surface area (Å²) < 4.78 is 9.98. The first kappa shape index (κ1) is 11.3. The van der Waals surface area contributed by atoms with E-state index >= 15 is 0 Å². The lowest BCUT2D eigenvalue weighted by atomic mass is 10.2. The average molecular weight is 172 g/mol. The minimum absolute atomic E-state index is 0.116. The second-order valence-electron chi connectivity index (χ2n) is 2.40. The Kier molecular flexibility index (Phi) is 7.96. The van der Waals surface area contributed by atoms with E-state index in [1.54, 1.807) is 14.2 Å². The van der Waals surface area contributed by atoms with Gasteiger partial charge in [0.25, 0.3) is 0 Å². The first-order valence-electron chi connectivity index (χ1n) is 4.01. The van der Waals surface area contributed by atoms with E-state index in [0.29, 0.717) is 0 Å². The van der Waals surface area contributed by atoms with E-state index in [9.17, 15) is 4.79 Å². The molecule has 0 aliphatic heterocycles. The molecular weight excluding hydrogens is 156 g/mol.